The second-order valence-electron chi connectivity index (χ2n) is 3.12. The Labute approximate surface area is 78.9 Å². The molecule has 0 radical (unpaired) electrons. The summed E-state index contributed by atoms with van der Waals surface area (Å²) in [5.74, 6) is 1.40. The molecule has 5 heteroatoms. The first-order chi connectivity index (χ1) is 6.06. The van der Waals surface area contributed by atoms with Gasteiger partial charge in [-0.1, -0.05) is 0 Å². The standard InChI is InChI=1S/C8H17N5/c1-5-12(3)8-11-6(2)10-7(9)13(8)4/h6H,5H2,1-4H3,(H2,9,10). The molecule has 1 aliphatic heterocycles. The highest BCUT2D eigenvalue weighted by molar-refractivity contribution is 5.98. The summed E-state index contributed by atoms with van der Waals surface area (Å²) in [6.07, 6.45) is -0.0693. The molecule has 1 rings (SSSR count). The minimum absolute atomic E-state index is 0.0693. The Balaban J connectivity index is 2.85. The van der Waals surface area contributed by atoms with E-state index in [-0.39, 0.29) is 6.17 Å². The Bertz CT molecular complexity index is 245. The highest BCUT2D eigenvalue weighted by Gasteiger charge is 2.19. The summed E-state index contributed by atoms with van der Waals surface area (Å²) in [6.45, 7) is 4.90. The first-order valence-corrected chi connectivity index (χ1v) is 4.42. The molecule has 0 amide bonds. The zero-order valence-corrected chi connectivity index (χ0v) is 8.65. The Kier molecular flexibility index (Phi) is 2.75. The predicted octanol–water partition coefficient (Wildman–Crippen LogP) is -0.0998. The molecule has 0 aromatic heterocycles. The van der Waals surface area contributed by atoms with Gasteiger partial charge in [0.1, 0.15) is 6.17 Å². The lowest BCUT2D eigenvalue weighted by atomic mass is 10.5. The van der Waals surface area contributed by atoms with E-state index in [0.29, 0.717) is 5.96 Å². The molecule has 13 heavy (non-hydrogen) atoms. The topological polar surface area (TPSA) is 57.2 Å². The van der Waals surface area contributed by atoms with Gasteiger partial charge in [-0.05, 0) is 13.8 Å². The normalized spacial score (nSPS) is 22.5. The number of rotatable bonds is 1. The molecule has 0 fully saturated rings. The van der Waals surface area contributed by atoms with E-state index in [9.17, 15) is 0 Å². The fourth-order valence-corrected chi connectivity index (χ4v) is 1.16. The van der Waals surface area contributed by atoms with Gasteiger partial charge in [0.25, 0.3) is 0 Å². The summed E-state index contributed by atoms with van der Waals surface area (Å²) in [6, 6.07) is 0. The van der Waals surface area contributed by atoms with E-state index in [1.807, 2.05) is 25.9 Å². The lowest BCUT2D eigenvalue weighted by Crippen LogP contribution is -2.49. The van der Waals surface area contributed by atoms with Crippen LogP contribution in [-0.4, -0.2) is 48.5 Å². The van der Waals surface area contributed by atoms with Gasteiger partial charge in [0.05, 0.1) is 0 Å². The summed E-state index contributed by atoms with van der Waals surface area (Å²) < 4.78 is 0. The summed E-state index contributed by atoms with van der Waals surface area (Å²) >= 11 is 0. The van der Waals surface area contributed by atoms with Crippen LogP contribution >= 0.6 is 0 Å². The summed E-state index contributed by atoms with van der Waals surface area (Å²) in [5, 5.41) is 0. The van der Waals surface area contributed by atoms with Crippen molar-refractivity contribution in [2.24, 2.45) is 15.7 Å². The number of guanidine groups is 2. The van der Waals surface area contributed by atoms with Gasteiger partial charge in [-0.25, -0.2) is 9.98 Å². The van der Waals surface area contributed by atoms with Crippen LogP contribution in [0.5, 0.6) is 0 Å². The van der Waals surface area contributed by atoms with Crippen molar-refractivity contribution >= 4 is 11.9 Å². The molecule has 0 saturated heterocycles. The van der Waals surface area contributed by atoms with E-state index in [1.54, 1.807) is 4.90 Å². The van der Waals surface area contributed by atoms with Crippen LogP contribution in [0.15, 0.2) is 9.98 Å². The predicted molar refractivity (Wildman–Crippen MR) is 54.6 cm³/mol. The van der Waals surface area contributed by atoms with E-state index >= 15 is 0 Å². The molecule has 0 bridgehead atoms. The lowest BCUT2D eigenvalue weighted by Gasteiger charge is -2.31. The van der Waals surface area contributed by atoms with Crippen molar-refractivity contribution < 1.29 is 0 Å². The molecule has 0 spiro atoms. The van der Waals surface area contributed by atoms with Gasteiger partial charge in [0.15, 0.2) is 5.96 Å². The molecule has 1 aliphatic rings. The molecular weight excluding hydrogens is 166 g/mol. The van der Waals surface area contributed by atoms with E-state index < -0.39 is 0 Å². The number of hydrogen-bond acceptors (Lipinski definition) is 5. The van der Waals surface area contributed by atoms with Crippen LogP contribution in [0.25, 0.3) is 0 Å². The maximum atomic E-state index is 5.72. The van der Waals surface area contributed by atoms with E-state index in [0.717, 1.165) is 12.5 Å². The number of nitrogens with two attached hydrogens (primary N) is 1. The lowest BCUT2D eigenvalue weighted by molar-refractivity contribution is 0.454. The third-order valence-electron chi connectivity index (χ3n) is 2.08. The van der Waals surface area contributed by atoms with Crippen LogP contribution in [0.2, 0.25) is 0 Å². The van der Waals surface area contributed by atoms with Crippen molar-refractivity contribution in [1.82, 2.24) is 9.80 Å². The number of aliphatic imine (C=N–C) groups is 2. The largest absolute Gasteiger partial charge is 0.369 e. The summed E-state index contributed by atoms with van der Waals surface area (Å²) in [4.78, 5) is 12.4. The summed E-state index contributed by atoms with van der Waals surface area (Å²) in [7, 11) is 3.86. The first kappa shape index (κ1) is 9.83. The highest BCUT2D eigenvalue weighted by Crippen LogP contribution is 2.05. The zero-order chi connectivity index (χ0) is 10.0. The van der Waals surface area contributed by atoms with E-state index in [2.05, 4.69) is 16.9 Å². The first-order valence-electron chi connectivity index (χ1n) is 4.42. The highest BCUT2D eigenvalue weighted by atomic mass is 15.4. The van der Waals surface area contributed by atoms with Crippen molar-refractivity contribution in [3.05, 3.63) is 0 Å². The molecule has 5 nitrogen and oxygen atoms in total. The van der Waals surface area contributed by atoms with Crippen LogP contribution in [0.4, 0.5) is 0 Å². The molecule has 74 valence electrons. The molecule has 0 aromatic carbocycles. The van der Waals surface area contributed by atoms with Gasteiger partial charge < -0.3 is 10.6 Å². The minimum Gasteiger partial charge on any atom is -0.369 e. The molecule has 2 N–H and O–H groups in total. The van der Waals surface area contributed by atoms with Crippen molar-refractivity contribution in [1.29, 1.82) is 0 Å². The van der Waals surface area contributed by atoms with Gasteiger partial charge in [-0.15, -0.1) is 0 Å². The minimum atomic E-state index is -0.0693. The number of hydrogen-bond donors (Lipinski definition) is 1. The van der Waals surface area contributed by atoms with Crippen LogP contribution in [0.1, 0.15) is 13.8 Å². The molecule has 0 aliphatic carbocycles. The molecule has 1 heterocycles. The fraction of sp³-hybridized carbons (Fsp3) is 0.750. The second-order valence-corrected chi connectivity index (χ2v) is 3.12. The SMILES string of the molecule is CCN(C)C1=NC(C)N=C(N)N1C. The fourth-order valence-electron chi connectivity index (χ4n) is 1.16. The zero-order valence-electron chi connectivity index (χ0n) is 8.65. The third-order valence-corrected chi connectivity index (χ3v) is 2.08. The molecular formula is C8H17N5. The van der Waals surface area contributed by atoms with E-state index in [4.69, 9.17) is 5.73 Å². The molecule has 0 aromatic rings. The van der Waals surface area contributed by atoms with Gasteiger partial charge in [-0.3, -0.25) is 4.90 Å². The van der Waals surface area contributed by atoms with Crippen molar-refractivity contribution in [3.8, 4) is 0 Å². The molecule has 0 saturated carbocycles. The maximum Gasteiger partial charge on any atom is 0.205 e. The average molecular weight is 183 g/mol. The Hall–Kier alpha value is -1.26. The Morgan fingerprint density at radius 1 is 1.54 bits per heavy atom. The molecule has 1 unspecified atom stereocenters. The average Bonchev–Trinajstić information content (AvgIpc) is 2.10. The quantitative estimate of drug-likeness (QED) is 0.617. The monoisotopic (exact) mass is 183 g/mol. The maximum absolute atomic E-state index is 5.72. The van der Waals surface area contributed by atoms with Gasteiger partial charge in [0.2, 0.25) is 5.96 Å². The Morgan fingerprint density at radius 2 is 2.15 bits per heavy atom. The van der Waals surface area contributed by atoms with Crippen molar-refractivity contribution in [3.63, 3.8) is 0 Å². The third kappa shape index (κ3) is 1.91. The second kappa shape index (κ2) is 3.64. The van der Waals surface area contributed by atoms with Crippen molar-refractivity contribution in [2.45, 2.75) is 20.0 Å². The van der Waals surface area contributed by atoms with Crippen LogP contribution in [-0.2, 0) is 0 Å². The van der Waals surface area contributed by atoms with Crippen LogP contribution in [0, 0.1) is 0 Å². The summed E-state index contributed by atoms with van der Waals surface area (Å²) in [5.41, 5.74) is 5.72. The number of nitrogens with zero attached hydrogens (tertiary/aromatic N) is 4. The van der Waals surface area contributed by atoms with Gasteiger partial charge >= 0.3 is 0 Å². The smallest absolute Gasteiger partial charge is 0.205 e. The van der Waals surface area contributed by atoms with E-state index in [1.165, 1.54) is 0 Å². The Morgan fingerprint density at radius 3 is 2.69 bits per heavy atom. The van der Waals surface area contributed by atoms with Crippen molar-refractivity contribution in [2.75, 3.05) is 20.6 Å². The van der Waals surface area contributed by atoms with Gasteiger partial charge in [-0.2, -0.15) is 0 Å². The van der Waals surface area contributed by atoms with Crippen LogP contribution < -0.4 is 5.73 Å². The van der Waals surface area contributed by atoms with Gasteiger partial charge in [0, 0.05) is 20.6 Å². The van der Waals surface area contributed by atoms with Crippen LogP contribution in [0.3, 0.4) is 0 Å². The molecule has 1 atom stereocenters.